The summed E-state index contributed by atoms with van der Waals surface area (Å²) in [4.78, 5) is 37.7. The third-order valence-electron chi connectivity index (χ3n) is 5.19. The fourth-order valence-corrected chi connectivity index (χ4v) is 3.34. The fourth-order valence-electron chi connectivity index (χ4n) is 3.34. The number of pyridine rings is 1. The molecule has 1 saturated carbocycles. The van der Waals surface area contributed by atoms with Crippen LogP contribution in [0.4, 0.5) is 4.39 Å². The van der Waals surface area contributed by atoms with Gasteiger partial charge in [0.15, 0.2) is 0 Å². The number of hydrogen-bond donors (Lipinski definition) is 2. The largest absolute Gasteiger partial charge is 0.373 e. The Morgan fingerprint density at radius 2 is 1.97 bits per heavy atom. The van der Waals surface area contributed by atoms with Gasteiger partial charge in [0.05, 0.1) is 17.7 Å². The van der Waals surface area contributed by atoms with E-state index in [1.807, 2.05) is 13.8 Å². The molecule has 2 amide bonds. The zero-order valence-electron chi connectivity index (χ0n) is 17.4. The van der Waals surface area contributed by atoms with Crippen molar-refractivity contribution in [3.63, 3.8) is 0 Å². The molecule has 2 aromatic rings. The summed E-state index contributed by atoms with van der Waals surface area (Å²) in [6, 6.07) is 5.86. The monoisotopic (exact) mass is 415 g/mol. The molecule has 0 atom stereocenters. The molecule has 0 bridgehead atoms. The molecular formula is C22H26FN3O4. The summed E-state index contributed by atoms with van der Waals surface area (Å²) in [5.41, 5.74) is 0.182. The van der Waals surface area contributed by atoms with Crippen LogP contribution in [0, 0.1) is 12.7 Å². The van der Waals surface area contributed by atoms with Crippen LogP contribution in [0.25, 0.3) is 0 Å². The quantitative estimate of drug-likeness (QED) is 0.690. The Labute approximate surface area is 174 Å². The predicted octanol–water partition coefficient (Wildman–Crippen LogP) is 2.00. The lowest BCUT2D eigenvalue weighted by Crippen LogP contribution is -2.37. The van der Waals surface area contributed by atoms with Crippen LogP contribution >= 0.6 is 0 Å². The average Bonchev–Trinajstić information content (AvgIpc) is 3.49. The molecule has 0 unspecified atom stereocenters. The number of rotatable bonds is 8. The maximum Gasteiger partial charge on any atom is 0.263 e. The van der Waals surface area contributed by atoms with Crippen LogP contribution in [0.2, 0.25) is 0 Å². The van der Waals surface area contributed by atoms with Crippen molar-refractivity contribution in [1.29, 1.82) is 0 Å². The number of aromatic nitrogens is 1. The van der Waals surface area contributed by atoms with Crippen LogP contribution in [0.1, 0.15) is 51.6 Å². The van der Waals surface area contributed by atoms with E-state index in [4.69, 9.17) is 4.74 Å². The molecule has 8 heteroatoms. The summed E-state index contributed by atoms with van der Waals surface area (Å²) in [7, 11) is 1.40. The number of halogens is 1. The zero-order chi connectivity index (χ0) is 21.9. The Morgan fingerprint density at radius 1 is 1.23 bits per heavy atom. The standard InChI is InChI=1S/C22H26FN3O4/c1-4-30-22(7-8-22)13-25-19(27)16-10-17(20(28)24-3)21(29)26(12-16)11-15-9-14(2)5-6-18(15)23/h5-6,9-10,12H,4,7-8,11,13H2,1-3H3,(H,24,28)(H,25,27). The summed E-state index contributed by atoms with van der Waals surface area (Å²) < 4.78 is 21.1. The van der Waals surface area contributed by atoms with Crippen LogP contribution in [-0.2, 0) is 11.3 Å². The molecule has 0 radical (unpaired) electrons. The van der Waals surface area contributed by atoms with E-state index in [-0.39, 0.29) is 23.3 Å². The highest BCUT2D eigenvalue weighted by atomic mass is 19.1. The van der Waals surface area contributed by atoms with Crippen LogP contribution in [0.3, 0.4) is 0 Å². The third-order valence-corrected chi connectivity index (χ3v) is 5.19. The second-order valence-electron chi connectivity index (χ2n) is 7.55. The van der Waals surface area contributed by atoms with Crippen molar-refractivity contribution in [1.82, 2.24) is 15.2 Å². The first kappa shape index (κ1) is 21.7. The highest BCUT2D eigenvalue weighted by Crippen LogP contribution is 2.38. The molecule has 1 aromatic heterocycles. The molecular weight excluding hydrogens is 389 g/mol. The van der Waals surface area contributed by atoms with Gasteiger partial charge in [0.25, 0.3) is 17.4 Å². The minimum atomic E-state index is -0.610. The van der Waals surface area contributed by atoms with Gasteiger partial charge in [-0.1, -0.05) is 17.7 Å². The number of aryl methyl sites for hydroxylation is 1. The van der Waals surface area contributed by atoms with Gasteiger partial charge in [-0.2, -0.15) is 0 Å². The van der Waals surface area contributed by atoms with Gasteiger partial charge in [-0.15, -0.1) is 0 Å². The number of nitrogens with zero attached hydrogens (tertiary/aromatic N) is 1. The maximum atomic E-state index is 14.2. The predicted molar refractivity (Wildman–Crippen MR) is 110 cm³/mol. The van der Waals surface area contributed by atoms with E-state index in [2.05, 4.69) is 10.6 Å². The van der Waals surface area contributed by atoms with Crippen molar-refractivity contribution in [2.75, 3.05) is 20.2 Å². The molecule has 1 fully saturated rings. The van der Waals surface area contributed by atoms with E-state index in [9.17, 15) is 18.8 Å². The zero-order valence-corrected chi connectivity index (χ0v) is 17.4. The molecule has 1 heterocycles. The van der Waals surface area contributed by atoms with Crippen LogP contribution in [-0.4, -0.2) is 42.2 Å². The molecule has 2 N–H and O–H groups in total. The highest BCUT2D eigenvalue weighted by Gasteiger charge is 2.43. The molecule has 1 aromatic carbocycles. The van der Waals surface area contributed by atoms with E-state index in [0.717, 1.165) is 18.4 Å². The van der Waals surface area contributed by atoms with Crippen molar-refractivity contribution < 1.29 is 18.7 Å². The Morgan fingerprint density at radius 3 is 2.60 bits per heavy atom. The second kappa shape index (κ2) is 8.79. The molecule has 160 valence electrons. The van der Waals surface area contributed by atoms with Gasteiger partial charge < -0.3 is 19.9 Å². The molecule has 3 rings (SSSR count). The van der Waals surface area contributed by atoms with Crippen LogP contribution in [0.15, 0.2) is 35.3 Å². The molecule has 0 aliphatic heterocycles. The van der Waals surface area contributed by atoms with E-state index < -0.39 is 23.2 Å². The van der Waals surface area contributed by atoms with E-state index in [1.165, 1.54) is 29.9 Å². The minimum Gasteiger partial charge on any atom is -0.373 e. The van der Waals surface area contributed by atoms with Crippen LogP contribution in [0.5, 0.6) is 0 Å². The second-order valence-corrected chi connectivity index (χ2v) is 7.55. The van der Waals surface area contributed by atoms with E-state index >= 15 is 0 Å². The highest BCUT2D eigenvalue weighted by molar-refractivity contribution is 5.99. The summed E-state index contributed by atoms with van der Waals surface area (Å²) in [6.07, 6.45) is 3.10. The third kappa shape index (κ3) is 4.76. The van der Waals surface area contributed by atoms with Gasteiger partial charge in [-0.05, 0) is 38.8 Å². The van der Waals surface area contributed by atoms with Crippen molar-refractivity contribution >= 4 is 11.8 Å². The first-order valence-corrected chi connectivity index (χ1v) is 9.92. The van der Waals surface area contributed by atoms with Gasteiger partial charge in [0.2, 0.25) is 0 Å². The minimum absolute atomic E-state index is 0.0969. The van der Waals surface area contributed by atoms with Gasteiger partial charge in [0, 0.05) is 32.0 Å². The molecule has 1 aliphatic rings. The molecule has 7 nitrogen and oxygen atoms in total. The molecule has 1 aliphatic carbocycles. The van der Waals surface area contributed by atoms with Crippen LogP contribution < -0.4 is 16.2 Å². The van der Waals surface area contributed by atoms with Crippen molar-refractivity contribution in [2.24, 2.45) is 0 Å². The number of carbonyl (C=O) groups excluding carboxylic acids is 2. The Kier molecular flexibility index (Phi) is 6.36. The SMILES string of the molecule is CCOC1(CNC(=O)c2cc(C(=O)NC)c(=O)n(Cc3cc(C)ccc3F)c2)CC1. The lowest BCUT2D eigenvalue weighted by Gasteiger charge is -2.17. The number of hydrogen-bond acceptors (Lipinski definition) is 4. The normalized spacial score (nSPS) is 14.3. The van der Waals surface area contributed by atoms with Crippen molar-refractivity contribution in [3.05, 3.63) is 68.9 Å². The maximum absolute atomic E-state index is 14.2. The number of benzene rings is 1. The Hall–Kier alpha value is -3.00. The summed E-state index contributed by atoms with van der Waals surface area (Å²) in [5, 5.41) is 5.22. The van der Waals surface area contributed by atoms with E-state index in [1.54, 1.807) is 12.1 Å². The Bertz CT molecular complexity index is 1030. The Balaban J connectivity index is 1.92. The van der Waals surface area contributed by atoms with Gasteiger partial charge in [0.1, 0.15) is 11.4 Å². The van der Waals surface area contributed by atoms with E-state index in [0.29, 0.717) is 18.7 Å². The summed E-state index contributed by atoms with van der Waals surface area (Å²) in [5.74, 6) is -1.50. The smallest absolute Gasteiger partial charge is 0.263 e. The first-order valence-electron chi connectivity index (χ1n) is 9.92. The number of carbonyl (C=O) groups is 2. The van der Waals surface area contributed by atoms with Crippen molar-refractivity contribution in [3.8, 4) is 0 Å². The van der Waals surface area contributed by atoms with Gasteiger partial charge >= 0.3 is 0 Å². The fraction of sp³-hybridized carbons (Fsp3) is 0.409. The first-order chi connectivity index (χ1) is 14.3. The number of nitrogens with one attached hydrogen (secondary N) is 2. The number of amides is 2. The summed E-state index contributed by atoms with van der Waals surface area (Å²) >= 11 is 0. The van der Waals surface area contributed by atoms with Gasteiger partial charge in [-0.3, -0.25) is 14.4 Å². The topological polar surface area (TPSA) is 89.4 Å². The number of ether oxygens (including phenoxy) is 1. The lowest BCUT2D eigenvalue weighted by molar-refractivity contribution is 0.0406. The summed E-state index contributed by atoms with van der Waals surface area (Å²) in [6.45, 7) is 4.53. The van der Waals surface area contributed by atoms with Crippen molar-refractivity contribution in [2.45, 2.75) is 38.8 Å². The lowest BCUT2D eigenvalue weighted by atomic mass is 10.1. The molecule has 30 heavy (non-hydrogen) atoms. The molecule has 0 saturated heterocycles. The van der Waals surface area contributed by atoms with Gasteiger partial charge in [-0.25, -0.2) is 4.39 Å². The molecule has 0 spiro atoms. The average molecular weight is 415 g/mol.